The summed E-state index contributed by atoms with van der Waals surface area (Å²) in [5.74, 6) is 2.00. The van der Waals surface area contributed by atoms with E-state index in [4.69, 9.17) is 96.3 Å². The molecular weight excluding hydrogens is 1610 g/mol. The van der Waals surface area contributed by atoms with Gasteiger partial charge < -0.3 is 75.4 Å². The summed E-state index contributed by atoms with van der Waals surface area (Å²) in [6.07, 6.45) is 10.2. The molecule has 0 aliphatic carbocycles. The molecule has 114 heavy (non-hydrogen) atoms. The molecule has 10 aromatic rings. The van der Waals surface area contributed by atoms with Crippen LogP contribution in [0.15, 0.2) is 217 Å². The van der Waals surface area contributed by atoms with Crippen LogP contribution in [0, 0.1) is 0 Å². The smallest absolute Gasteiger partial charge is 0.870 e. The van der Waals surface area contributed by atoms with E-state index >= 15 is 0 Å². The maximum atomic E-state index is 12.9. The monoisotopic (exact) mass is 1690 g/mol. The number of hydrogen-bond donors (Lipinski definition) is 6. The molecule has 0 atom stereocenters. The fourth-order valence-electron chi connectivity index (χ4n) is 10.4. The number of methoxy groups -OCH3 is 4. The molecule has 600 valence electrons. The average Bonchev–Trinajstić information content (AvgIpc) is 0.799. The summed E-state index contributed by atoms with van der Waals surface area (Å²) in [6, 6.07) is 46.1. The largest absolute Gasteiger partial charge is 1.00 e. The number of halogens is 5. The molecule has 2 aliphatic heterocycles. The fourth-order valence-corrected chi connectivity index (χ4v) is 13.5. The maximum absolute atomic E-state index is 12.9. The van der Waals surface area contributed by atoms with E-state index in [0.717, 1.165) is 71.8 Å². The second-order valence-corrected chi connectivity index (χ2v) is 29.4. The number of nitrogens with one attached hydrogen (secondary N) is 4. The number of aromatic carboxylic acids is 1. The van der Waals surface area contributed by atoms with Gasteiger partial charge in [-0.2, -0.15) is 0 Å². The quantitative estimate of drug-likeness (QED) is 0.0159. The van der Waals surface area contributed by atoms with Crippen LogP contribution in [-0.4, -0.2) is 170 Å². The zero-order chi connectivity index (χ0) is 81.2. The van der Waals surface area contributed by atoms with Crippen LogP contribution in [-0.2, 0) is 41.6 Å². The van der Waals surface area contributed by atoms with Crippen LogP contribution < -0.4 is 74.0 Å². The molecule has 0 radical (unpaired) electrons. The number of ether oxygens (including phenoxy) is 6. The van der Waals surface area contributed by atoms with Crippen molar-refractivity contribution in [3.63, 3.8) is 0 Å². The summed E-state index contributed by atoms with van der Waals surface area (Å²) in [6.45, 7) is 12.0. The Balaban J connectivity index is 0.000000254. The molecule has 2 aliphatic rings. The summed E-state index contributed by atoms with van der Waals surface area (Å²) < 4.78 is 80.3. The second kappa shape index (κ2) is 48.0. The first-order valence-corrected chi connectivity index (χ1v) is 39.6. The maximum Gasteiger partial charge on any atom is 1.00 e. The van der Waals surface area contributed by atoms with Gasteiger partial charge in [0.05, 0.1) is 70.7 Å². The predicted octanol–water partition coefficient (Wildman–Crippen LogP) is 11.1. The molecule has 2 saturated heterocycles. The van der Waals surface area contributed by atoms with Crippen LogP contribution in [0.5, 0.6) is 23.0 Å². The van der Waals surface area contributed by atoms with E-state index < -0.39 is 25.0 Å². The number of carboxylic acid groups (broad SMARTS) is 1. The number of sulfonamides is 1. The first-order chi connectivity index (χ1) is 53.8. The van der Waals surface area contributed by atoms with Crippen molar-refractivity contribution < 1.29 is 93.9 Å². The molecule has 2 fully saturated rings. The van der Waals surface area contributed by atoms with Crippen LogP contribution in [0.2, 0.25) is 20.1 Å². The number of hydrogen-bond acceptors (Lipinski definition) is 25. The summed E-state index contributed by atoms with van der Waals surface area (Å²) >= 11 is 23.5. The van der Waals surface area contributed by atoms with Gasteiger partial charge in [-0.15, -0.1) is 0 Å². The number of carbonyl (C=O) groups is 4. The number of aromatic nitrogens is 4. The topological polar surface area (TPSA) is 378 Å². The van der Waals surface area contributed by atoms with Gasteiger partial charge in [-0.05, 0) is 184 Å². The average molecular weight is 1690 g/mol. The van der Waals surface area contributed by atoms with E-state index in [9.17, 15) is 36.0 Å². The molecule has 0 bridgehead atoms. The van der Waals surface area contributed by atoms with Crippen molar-refractivity contribution in [2.75, 3.05) is 125 Å². The van der Waals surface area contributed by atoms with Crippen molar-refractivity contribution in [1.29, 1.82) is 0 Å². The molecule has 2 aromatic heterocycles. The standard InChI is InChI=1S/C22H22ClN5O4S.C17H18ClNO3.C15H14ClNO3.C9H11NO2.C8H12N4.C7H6Cl2O3S.Li.H2O/c1-32-19-7-4-17(23)14-20(19)33(30,31)26-18-5-2-16(3-6-18)22(29)28-12-10-27(11-13-28)21-15-24-8-9-25-21;1-3-22-17(20)12-4-7-15(8-5-12)19-11-13-10-14(18)6-9-16(13)21-2;1-20-14-7-4-12(16)8-11(14)9-17-13-5-2-10(3-6-13)15(18)19;1-2-12-9(11)7-3-5-8(10)6-4-7;1-2-11-8(7-10-1)12-5-3-9-4-6-12;1-12-6-3-2-5(8)4-7(6)13(9,10)11;;/h2-9,14-15,26H,10-13H2,1H3;4-10,19H,3,11H2,1-2H3;2-8,17H,9H2,1H3,(H,18,19);3-6H,2,10H2,1H3;1-2,7,9H,3-6H2;2-4H,1H3;;1H2/q;;;;;;+1;/p-1. The minimum absolute atomic E-state index is 0. The summed E-state index contributed by atoms with van der Waals surface area (Å²) in [7, 11) is 3.38. The first-order valence-electron chi connectivity index (χ1n) is 34.3. The molecule has 1 amide bonds. The number of rotatable bonds is 22. The number of anilines is 6. The van der Waals surface area contributed by atoms with Gasteiger partial charge in [0.15, 0.2) is 0 Å². The van der Waals surface area contributed by atoms with Gasteiger partial charge in [-0.3, -0.25) is 19.5 Å². The minimum atomic E-state index is -3.94. The third-order valence-electron chi connectivity index (χ3n) is 16.0. The van der Waals surface area contributed by atoms with Crippen LogP contribution in [0.25, 0.3) is 0 Å². The van der Waals surface area contributed by atoms with Gasteiger partial charge in [0.2, 0.25) is 0 Å². The van der Waals surface area contributed by atoms with E-state index in [1.807, 2.05) is 42.6 Å². The third kappa shape index (κ3) is 30.2. The van der Waals surface area contributed by atoms with Gasteiger partial charge >= 0.3 is 36.8 Å². The van der Waals surface area contributed by atoms with E-state index in [2.05, 4.69) is 50.4 Å². The van der Waals surface area contributed by atoms with Crippen molar-refractivity contribution in [3.8, 4) is 23.0 Å². The van der Waals surface area contributed by atoms with E-state index in [-0.39, 0.29) is 74.1 Å². The fraction of sp³-hybridized carbons (Fsp3) is 0.231. The Labute approximate surface area is 698 Å². The number of benzene rings is 8. The van der Waals surface area contributed by atoms with Crippen LogP contribution in [0.3, 0.4) is 0 Å². The van der Waals surface area contributed by atoms with Crippen molar-refractivity contribution >= 4 is 134 Å². The normalized spacial score (nSPS) is 12.0. The molecule has 28 nitrogen and oxygen atoms in total. The second-order valence-electron chi connectivity index (χ2n) is 23.5. The Morgan fingerprint density at radius 1 is 0.491 bits per heavy atom. The minimum Gasteiger partial charge on any atom is -0.870 e. The Hall–Kier alpha value is -10.3. The zero-order valence-electron chi connectivity index (χ0n) is 63.1. The van der Waals surface area contributed by atoms with E-state index in [0.29, 0.717) is 95.6 Å². The Morgan fingerprint density at radius 3 is 1.27 bits per heavy atom. The van der Waals surface area contributed by atoms with E-state index in [1.165, 1.54) is 44.6 Å². The predicted molar refractivity (Wildman–Crippen MR) is 439 cm³/mol. The summed E-state index contributed by atoms with van der Waals surface area (Å²) in [4.78, 5) is 68.9. The van der Waals surface area contributed by atoms with Crippen molar-refractivity contribution in [3.05, 3.63) is 261 Å². The van der Waals surface area contributed by atoms with Gasteiger partial charge in [0, 0.05) is 160 Å². The Kier molecular flexibility index (Phi) is 39.7. The SMILES string of the molecule is CCOC(=O)c1ccc(N)cc1.CCOC(=O)c1ccc(NCc2cc(Cl)ccc2OC)cc1.COc1ccc(Cl)cc1CNc1ccc(C(=O)O)cc1.COc1ccc(Cl)cc1S(=O)(=O)Cl.COc1ccc(Cl)cc1S(=O)(=O)Nc1ccc(C(=O)N2CCN(c3cnccn3)CC2)cc1.[Li+].[OH-].c1cnc(N2CCNCC2)cn1. The molecule has 0 saturated carbocycles. The third-order valence-corrected chi connectivity index (χ3v) is 19.7. The van der Waals surface area contributed by atoms with Gasteiger partial charge in [0.25, 0.3) is 25.0 Å². The number of amides is 1. The Bertz CT molecular complexity index is 4930. The Morgan fingerprint density at radius 2 is 0.868 bits per heavy atom. The van der Waals surface area contributed by atoms with Crippen LogP contribution >= 0.6 is 57.1 Å². The van der Waals surface area contributed by atoms with Crippen LogP contribution in [0.4, 0.5) is 34.4 Å². The molecule has 8 aromatic carbocycles. The number of nitrogens with zero attached hydrogens (tertiary/aromatic N) is 7. The van der Waals surface area contributed by atoms with Crippen molar-refractivity contribution in [2.24, 2.45) is 0 Å². The molecule has 0 spiro atoms. The zero-order valence-corrected chi connectivity index (χ0v) is 68.6. The van der Waals surface area contributed by atoms with Crippen molar-refractivity contribution in [1.82, 2.24) is 30.2 Å². The number of piperazine rings is 2. The number of carbonyl (C=O) groups excluding carboxylic acids is 3. The number of carboxylic acids is 1. The summed E-state index contributed by atoms with van der Waals surface area (Å²) in [5.41, 5.74) is 11.8. The number of nitrogen functional groups attached to an aromatic ring is 1. The molecule has 4 heterocycles. The molecule has 36 heteroatoms. The number of esters is 2. The van der Waals surface area contributed by atoms with Gasteiger partial charge in [0.1, 0.15) is 44.4 Å². The molecular formula is C78H84Cl5LiN12O16S2. The summed E-state index contributed by atoms with van der Waals surface area (Å²) in [5, 5.41) is 20.5. The molecule has 0 unspecified atom stereocenters. The van der Waals surface area contributed by atoms with Gasteiger partial charge in [-0.1, -0.05) is 46.4 Å². The molecule has 12 rings (SSSR count). The van der Waals surface area contributed by atoms with Gasteiger partial charge in [-0.25, -0.2) is 41.2 Å². The molecule has 8 N–H and O–H groups in total. The van der Waals surface area contributed by atoms with Crippen LogP contribution in [0.1, 0.15) is 66.4 Å². The van der Waals surface area contributed by atoms with E-state index in [1.54, 1.807) is 167 Å². The first kappa shape index (κ1) is 94.3. The van der Waals surface area contributed by atoms with Crippen molar-refractivity contribution in [2.45, 2.75) is 36.7 Å². The number of nitrogens with two attached hydrogens (primary N) is 1.